The van der Waals surface area contributed by atoms with Gasteiger partial charge in [0.2, 0.25) is 0 Å². The lowest BCUT2D eigenvalue weighted by molar-refractivity contribution is 0.487. The molecule has 10 aromatic rings. The van der Waals surface area contributed by atoms with Gasteiger partial charge in [-0.1, -0.05) is 109 Å². The number of aromatic nitrogens is 2. The zero-order chi connectivity index (χ0) is 32.1. The van der Waals surface area contributed by atoms with Crippen LogP contribution in [0.1, 0.15) is 0 Å². The van der Waals surface area contributed by atoms with Crippen LogP contribution in [0.3, 0.4) is 0 Å². The highest BCUT2D eigenvalue weighted by Crippen LogP contribution is 2.50. The number of para-hydroxylation sites is 4. The fourth-order valence-electron chi connectivity index (χ4n) is 8.19. The molecule has 1 aliphatic heterocycles. The zero-order valence-electron chi connectivity index (χ0n) is 26.5. The Hall–Kier alpha value is -6.58. The van der Waals surface area contributed by atoms with E-state index in [4.69, 9.17) is 4.74 Å². The number of hydrogen-bond donors (Lipinski definition) is 0. The first kappa shape index (κ1) is 26.5. The molecule has 0 radical (unpaired) electrons. The summed E-state index contributed by atoms with van der Waals surface area (Å²) < 4.78 is 11.4. The predicted octanol–water partition coefficient (Wildman–Crippen LogP) is 12.5. The van der Waals surface area contributed by atoms with Crippen LogP contribution in [0.4, 0.5) is 0 Å². The van der Waals surface area contributed by atoms with Crippen LogP contribution in [-0.2, 0) is 0 Å². The van der Waals surface area contributed by atoms with E-state index in [2.05, 4.69) is 173 Å². The third-order valence-corrected chi connectivity index (χ3v) is 10.3. The standard InChI is InChI=1S/C46H28N2O/c1-3-12-31(13-4-1)47-39-20-9-7-16-33(39)38-26-29(23-25-40(38)47)30-22-24-36-41(27-30)48(32-14-5-2-6-15-32)42-28-44-46-35(18-11-19-37(46)45(36)42)34-17-8-10-21-43(34)49-44/h1-28H. The molecule has 49 heavy (non-hydrogen) atoms. The normalized spacial score (nSPS) is 12.2. The molecule has 0 atom stereocenters. The predicted molar refractivity (Wildman–Crippen MR) is 204 cm³/mol. The summed E-state index contributed by atoms with van der Waals surface area (Å²) in [5, 5.41) is 7.36. The average Bonchev–Trinajstić information content (AvgIpc) is 3.67. The van der Waals surface area contributed by atoms with E-state index in [0.29, 0.717) is 0 Å². The maximum absolute atomic E-state index is 6.63. The van der Waals surface area contributed by atoms with Crippen molar-refractivity contribution in [2.45, 2.75) is 0 Å². The molecule has 0 N–H and O–H groups in total. The Bertz CT molecular complexity index is 2950. The van der Waals surface area contributed by atoms with Crippen molar-refractivity contribution >= 4 is 54.4 Å². The molecule has 3 heterocycles. The van der Waals surface area contributed by atoms with E-state index in [1.54, 1.807) is 0 Å². The summed E-state index contributed by atoms with van der Waals surface area (Å²) in [5.41, 5.74) is 11.8. The van der Waals surface area contributed by atoms with Gasteiger partial charge in [-0.3, -0.25) is 0 Å². The molecule has 0 saturated heterocycles. The SMILES string of the molecule is c1ccc(-n2c3ccccc3c3cc(-c4ccc5c6c7cccc8c7c(cc6n(-c6ccccc6)c5c4)Oc4ccccc4-8)ccc32)cc1. The van der Waals surface area contributed by atoms with Crippen LogP contribution >= 0.6 is 0 Å². The first-order valence-electron chi connectivity index (χ1n) is 16.8. The molecule has 0 bridgehead atoms. The van der Waals surface area contributed by atoms with Crippen LogP contribution in [0.2, 0.25) is 0 Å². The van der Waals surface area contributed by atoms with E-state index in [-0.39, 0.29) is 0 Å². The van der Waals surface area contributed by atoms with Crippen molar-refractivity contribution in [2.24, 2.45) is 0 Å². The number of nitrogens with zero attached hydrogens (tertiary/aromatic N) is 2. The van der Waals surface area contributed by atoms with Gasteiger partial charge in [0.05, 0.1) is 22.1 Å². The number of ether oxygens (including phenoxy) is 1. The van der Waals surface area contributed by atoms with Crippen LogP contribution < -0.4 is 4.74 Å². The number of benzene rings is 8. The molecule has 0 aliphatic carbocycles. The first-order valence-corrected chi connectivity index (χ1v) is 16.8. The van der Waals surface area contributed by atoms with Gasteiger partial charge in [0.25, 0.3) is 0 Å². The molecule has 1 aliphatic rings. The quantitative estimate of drug-likeness (QED) is 0.191. The summed E-state index contributed by atoms with van der Waals surface area (Å²) in [6.45, 7) is 0. The van der Waals surface area contributed by atoms with Crippen LogP contribution in [0.25, 0.3) is 88.0 Å². The minimum absolute atomic E-state index is 0.899. The van der Waals surface area contributed by atoms with Gasteiger partial charge in [0, 0.05) is 49.9 Å². The topological polar surface area (TPSA) is 19.1 Å². The molecule has 0 fully saturated rings. The maximum Gasteiger partial charge on any atom is 0.138 e. The second-order valence-electron chi connectivity index (χ2n) is 12.9. The Morgan fingerprint density at radius 1 is 0.327 bits per heavy atom. The third-order valence-electron chi connectivity index (χ3n) is 10.3. The molecule has 2 aromatic heterocycles. The van der Waals surface area contributed by atoms with Gasteiger partial charge in [-0.05, 0) is 76.7 Å². The lowest BCUT2D eigenvalue weighted by Crippen LogP contribution is -1.98. The molecule has 8 aromatic carbocycles. The molecular weight excluding hydrogens is 597 g/mol. The lowest BCUT2D eigenvalue weighted by atomic mass is 9.92. The van der Waals surface area contributed by atoms with Crippen LogP contribution in [0.5, 0.6) is 11.5 Å². The Labute approximate surface area is 282 Å². The maximum atomic E-state index is 6.63. The summed E-state index contributed by atoms with van der Waals surface area (Å²) in [5.74, 6) is 1.80. The van der Waals surface area contributed by atoms with Crippen molar-refractivity contribution in [1.29, 1.82) is 0 Å². The van der Waals surface area contributed by atoms with E-state index in [1.807, 2.05) is 6.07 Å². The van der Waals surface area contributed by atoms with E-state index in [9.17, 15) is 0 Å². The second-order valence-corrected chi connectivity index (χ2v) is 12.9. The highest BCUT2D eigenvalue weighted by atomic mass is 16.5. The minimum Gasteiger partial charge on any atom is -0.456 e. The fourth-order valence-corrected chi connectivity index (χ4v) is 8.19. The van der Waals surface area contributed by atoms with Crippen molar-refractivity contribution < 1.29 is 4.74 Å². The van der Waals surface area contributed by atoms with Crippen LogP contribution in [0, 0.1) is 0 Å². The molecule has 3 nitrogen and oxygen atoms in total. The monoisotopic (exact) mass is 624 g/mol. The Morgan fingerprint density at radius 2 is 0.959 bits per heavy atom. The largest absolute Gasteiger partial charge is 0.456 e. The van der Waals surface area contributed by atoms with Crippen LogP contribution in [-0.4, -0.2) is 9.13 Å². The fraction of sp³-hybridized carbons (Fsp3) is 0. The smallest absolute Gasteiger partial charge is 0.138 e. The molecule has 3 heteroatoms. The van der Waals surface area contributed by atoms with Crippen molar-refractivity contribution in [2.75, 3.05) is 0 Å². The minimum atomic E-state index is 0.899. The summed E-state index contributed by atoms with van der Waals surface area (Å²) in [4.78, 5) is 0. The summed E-state index contributed by atoms with van der Waals surface area (Å²) in [7, 11) is 0. The zero-order valence-corrected chi connectivity index (χ0v) is 26.5. The van der Waals surface area contributed by atoms with Crippen LogP contribution in [0.15, 0.2) is 170 Å². The van der Waals surface area contributed by atoms with Crippen molar-refractivity contribution in [3.05, 3.63) is 170 Å². The van der Waals surface area contributed by atoms with Crippen molar-refractivity contribution in [1.82, 2.24) is 9.13 Å². The average molecular weight is 625 g/mol. The highest BCUT2D eigenvalue weighted by Gasteiger charge is 2.25. The third kappa shape index (κ3) is 3.73. The van der Waals surface area contributed by atoms with Gasteiger partial charge in [-0.25, -0.2) is 0 Å². The number of fused-ring (bicyclic) bond motifs is 9. The number of hydrogen-bond acceptors (Lipinski definition) is 1. The molecule has 0 unspecified atom stereocenters. The van der Waals surface area contributed by atoms with Gasteiger partial charge < -0.3 is 13.9 Å². The Morgan fingerprint density at radius 3 is 1.80 bits per heavy atom. The molecular formula is C46H28N2O. The van der Waals surface area contributed by atoms with E-state index >= 15 is 0 Å². The summed E-state index contributed by atoms with van der Waals surface area (Å²) in [6, 6.07) is 61.2. The van der Waals surface area contributed by atoms with Crippen molar-refractivity contribution in [3.8, 4) is 45.1 Å². The molecule has 11 rings (SSSR count). The molecule has 228 valence electrons. The second kappa shape index (κ2) is 9.96. The van der Waals surface area contributed by atoms with Gasteiger partial charge in [-0.15, -0.1) is 0 Å². The summed E-state index contributed by atoms with van der Waals surface area (Å²) in [6.07, 6.45) is 0. The van der Waals surface area contributed by atoms with Gasteiger partial charge in [0.1, 0.15) is 11.5 Å². The highest BCUT2D eigenvalue weighted by molar-refractivity contribution is 6.25. The van der Waals surface area contributed by atoms with E-state index < -0.39 is 0 Å². The molecule has 0 saturated carbocycles. The van der Waals surface area contributed by atoms with Gasteiger partial charge in [0.15, 0.2) is 0 Å². The Kier molecular flexibility index (Phi) is 5.38. The molecule has 0 spiro atoms. The van der Waals surface area contributed by atoms with E-state index in [1.165, 1.54) is 71.2 Å². The van der Waals surface area contributed by atoms with Gasteiger partial charge in [-0.2, -0.15) is 0 Å². The van der Waals surface area contributed by atoms with E-state index in [0.717, 1.165) is 28.3 Å². The lowest BCUT2D eigenvalue weighted by Gasteiger charge is -2.22. The molecule has 0 amide bonds. The Balaban J connectivity index is 1.19. The summed E-state index contributed by atoms with van der Waals surface area (Å²) >= 11 is 0. The van der Waals surface area contributed by atoms with Gasteiger partial charge >= 0.3 is 0 Å². The van der Waals surface area contributed by atoms with Crippen molar-refractivity contribution in [3.63, 3.8) is 0 Å². The number of rotatable bonds is 3. The first-order chi connectivity index (χ1) is 24.3.